The second-order valence-electron chi connectivity index (χ2n) is 7.12. The largest absolute Gasteiger partial charge is 0.491 e. The SMILES string of the molecule is Cc1cc(OCC2COC(Cn3ccnc3)(c3ccc(Cl)cc3Cl)O2)ccc1Cl.O=[N+]([O-])O. The summed E-state index contributed by atoms with van der Waals surface area (Å²) >= 11 is 18.6. The van der Waals surface area contributed by atoms with Gasteiger partial charge in [0.15, 0.2) is 0 Å². The number of nitrogens with zero attached hydrogens (tertiary/aromatic N) is 3. The van der Waals surface area contributed by atoms with Gasteiger partial charge in [0.1, 0.15) is 18.5 Å². The van der Waals surface area contributed by atoms with Crippen LogP contribution in [-0.4, -0.2) is 39.2 Å². The van der Waals surface area contributed by atoms with E-state index in [4.69, 9.17) is 64.3 Å². The van der Waals surface area contributed by atoms with Crippen LogP contribution in [0.5, 0.6) is 5.75 Å². The average Bonchev–Trinajstić information content (AvgIpc) is 3.39. The summed E-state index contributed by atoms with van der Waals surface area (Å²) in [6, 6.07) is 10.8. The van der Waals surface area contributed by atoms with Crippen molar-refractivity contribution in [2.24, 2.45) is 0 Å². The molecule has 1 aliphatic rings. The van der Waals surface area contributed by atoms with Crippen molar-refractivity contribution < 1.29 is 24.5 Å². The Labute approximate surface area is 204 Å². The molecule has 4 rings (SSSR count). The van der Waals surface area contributed by atoms with Crippen LogP contribution in [0.4, 0.5) is 0 Å². The first-order valence-electron chi connectivity index (χ1n) is 9.64. The Morgan fingerprint density at radius 3 is 2.67 bits per heavy atom. The highest BCUT2D eigenvalue weighted by molar-refractivity contribution is 6.35. The number of aryl methyl sites for hydroxylation is 1. The van der Waals surface area contributed by atoms with Crippen molar-refractivity contribution in [1.29, 1.82) is 0 Å². The van der Waals surface area contributed by atoms with E-state index in [9.17, 15) is 0 Å². The summed E-state index contributed by atoms with van der Waals surface area (Å²) < 4.78 is 20.3. The molecule has 0 saturated carbocycles. The first-order chi connectivity index (χ1) is 15.7. The predicted molar refractivity (Wildman–Crippen MR) is 122 cm³/mol. The molecule has 2 aromatic carbocycles. The third kappa shape index (κ3) is 6.72. The van der Waals surface area contributed by atoms with Crippen molar-refractivity contribution in [3.05, 3.63) is 91.4 Å². The molecule has 0 spiro atoms. The Morgan fingerprint density at radius 2 is 2.03 bits per heavy atom. The third-order valence-corrected chi connectivity index (χ3v) is 5.69. The molecule has 0 aliphatic carbocycles. The van der Waals surface area contributed by atoms with Gasteiger partial charge in [0.2, 0.25) is 5.79 Å². The topological polar surface area (TPSA) is 109 Å². The zero-order chi connectivity index (χ0) is 24.0. The number of hydrogen-bond acceptors (Lipinski definition) is 6. The number of hydrogen-bond donors (Lipinski definition) is 1. The summed E-state index contributed by atoms with van der Waals surface area (Å²) in [5.41, 5.74) is 1.66. The van der Waals surface area contributed by atoms with E-state index < -0.39 is 10.9 Å². The normalized spacial score (nSPS) is 19.6. The lowest BCUT2D eigenvalue weighted by molar-refractivity contribution is -0.742. The predicted octanol–water partition coefficient (Wildman–Crippen LogP) is 5.15. The fourth-order valence-electron chi connectivity index (χ4n) is 3.27. The van der Waals surface area contributed by atoms with Gasteiger partial charge in [-0.25, -0.2) is 4.98 Å². The lowest BCUT2D eigenvalue weighted by Crippen LogP contribution is -2.34. The molecule has 9 nitrogen and oxygen atoms in total. The fraction of sp³-hybridized carbons (Fsp3) is 0.286. The van der Waals surface area contributed by atoms with Gasteiger partial charge in [0.05, 0.1) is 24.5 Å². The smallest absolute Gasteiger partial charge is 0.291 e. The van der Waals surface area contributed by atoms with Crippen LogP contribution >= 0.6 is 34.8 Å². The molecule has 1 aromatic heterocycles. The third-order valence-electron chi connectivity index (χ3n) is 4.72. The Balaban J connectivity index is 0.000000709. The number of rotatable bonds is 6. The Kier molecular flexibility index (Phi) is 8.39. The molecule has 0 amide bonds. The molecule has 1 saturated heterocycles. The van der Waals surface area contributed by atoms with Crippen molar-refractivity contribution in [1.82, 2.24) is 9.55 Å². The maximum atomic E-state index is 8.36. The average molecular weight is 517 g/mol. The number of halogens is 3. The summed E-state index contributed by atoms with van der Waals surface area (Å²) in [6.45, 7) is 3.02. The molecule has 2 heterocycles. The monoisotopic (exact) mass is 515 g/mol. The van der Waals surface area contributed by atoms with Crippen LogP contribution in [0.25, 0.3) is 0 Å². The zero-order valence-corrected chi connectivity index (χ0v) is 19.6. The van der Waals surface area contributed by atoms with Crippen molar-refractivity contribution in [2.75, 3.05) is 13.2 Å². The number of aromatic nitrogens is 2. The molecule has 1 N–H and O–H groups in total. The van der Waals surface area contributed by atoms with E-state index in [1.54, 1.807) is 24.7 Å². The molecule has 0 radical (unpaired) electrons. The summed E-state index contributed by atoms with van der Waals surface area (Å²) in [5.74, 6) is -0.334. The molecule has 3 aromatic rings. The van der Waals surface area contributed by atoms with E-state index in [1.807, 2.05) is 42.0 Å². The van der Waals surface area contributed by atoms with E-state index in [2.05, 4.69) is 4.98 Å². The zero-order valence-electron chi connectivity index (χ0n) is 17.4. The summed E-state index contributed by atoms with van der Waals surface area (Å²) in [7, 11) is 0. The minimum Gasteiger partial charge on any atom is -0.491 e. The van der Waals surface area contributed by atoms with E-state index in [0.717, 1.165) is 11.3 Å². The lowest BCUT2D eigenvalue weighted by Gasteiger charge is -2.30. The highest BCUT2D eigenvalue weighted by Gasteiger charge is 2.45. The Morgan fingerprint density at radius 1 is 1.27 bits per heavy atom. The van der Waals surface area contributed by atoms with Gasteiger partial charge in [-0.3, -0.25) is 0 Å². The molecule has 2 unspecified atom stereocenters. The molecule has 12 heteroatoms. The van der Waals surface area contributed by atoms with Crippen LogP contribution in [0.2, 0.25) is 15.1 Å². The molecule has 2 atom stereocenters. The molecule has 176 valence electrons. The molecular weight excluding hydrogens is 497 g/mol. The minimum atomic E-state index is -1.50. The molecule has 0 bridgehead atoms. The van der Waals surface area contributed by atoms with Crippen molar-refractivity contribution >= 4 is 34.8 Å². The molecule has 1 aliphatic heterocycles. The summed E-state index contributed by atoms with van der Waals surface area (Å²) in [5, 5.41) is 15.4. The van der Waals surface area contributed by atoms with Gasteiger partial charge in [-0.05, 0) is 42.8 Å². The summed E-state index contributed by atoms with van der Waals surface area (Å²) in [6.07, 6.45) is 4.98. The van der Waals surface area contributed by atoms with Gasteiger partial charge in [-0.15, -0.1) is 10.1 Å². The van der Waals surface area contributed by atoms with Crippen molar-refractivity contribution in [2.45, 2.75) is 25.4 Å². The number of imidazole rings is 1. The first-order valence-corrected chi connectivity index (χ1v) is 10.8. The highest BCUT2D eigenvalue weighted by Crippen LogP contribution is 2.40. The van der Waals surface area contributed by atoms with Gasteiger partial charge in [0.25, 0.3) is 5.09 Å². The van der Waals surface area contributed by atoms with Crippen molar-refractivity contribution in [3.63, 3.8) is 0 Å². The number of benzene rings is 2. The van der Waals surface area contributed by atoms with Crippen LogP contribution in [0.1, 0.15) is 11.1 Å². The fourth-order valence-corrected chi connectivity index (χ4v) is 3.94. The quantitative estimate of drug-likeness (QED) is 0.356. The van der Waals surface area contributed by atoms with Crippen LogP contribution < -0.4 is 4.74 Å². The van der Waals surface area contributed by atoms with Gasteiger partial charge in [-0.2, -0.15) is 0 Å². The second kappa shape index (κ2) is 11.0. The lowest BCUT2D eigenvalue weighted by atomic mass is 10.1. The van der Waals surface area contributed by atoms with Gasteiger partial charge >= 0.3 is 0 Å². The Hall–Kier alpha value is -2.56. The number of ether oxygens (including phenoxy) is 3. The van der Waals surface area contributed by atoms with Crippen LogP contribution in [-0.2, 0) is 21.8 Å². The molecule has 1 fully saturated rings. The van der Waals surface area contributed by atoms with Crippen LogP contribution in [0.3, 0.4) is 0 Å². The van der Waals surface area contributed by atoms with E-state index in [-0.39, 0.29) is 6.10 Å². The molecular formula is C21H20Cl3N3O6. The maximum absolute atomic E-state index is 8.36. The maximum Gasteiger partial charge on any atom is 0.291 e. The van der Waals surface area contributed by atoms with Crippen LogP contribution in [0.15, 0.2) is 55.1 Å². The van der Waals surface area contributed by atoms with Gasteiger partial charge < -0.3 is 24.0 Å². The van der Waals surface area contributed by atoms with E-state index in [0.29, 0.717) is 40.4 Å². The standard InChI is InChI=1S/C21H19Cl3N2O3.HNO3/c1-14-8-16(3-5-19(14)23)27-10-17-11-28-21(29-17,12-26-7-6-25-13-26)18-4-2-15(22)9-20(18)24;2-1(3)4/h2-9,13,17H,10-12H2,1H3;(H,2,3,4). The van der Waals surface area contributed by atoms with Crippen molar-refractivity contribution in [3.8, 4) is 5.75 Å². The second-order valence-corrected chi connectivity index (χ2v) is 8.37. The van der Waals surface area contributed by atoms with E-state index in [1.165, 1.54) is 0 Å². The van der Waals surface area contributed by atoms with Gasteiger partial charge in [-0.1, -0.05) is 40.9 Å². The van der Waals surface area contributed by atoms with E-state index >= 15 is 0 Å². The summed E-state index contributed by atoms with van der Waals surface area (Å²) in [4.78, 5) is 12.5. The Bertz CT molecular complexity index is 1090. The minimum absolute atomic E-state index is 0.277. The van der Waals surface area contributed by atoms with Gasteiger partial charge in [0, 0.05) is 28.0 Å². The first kappa shape index (κ1) is 25.1. The van der Waals surface area contributed by atoms with Crippen LogP contribution in [0, 0.1) is 17.0 Å². The highest BCUT2D eigenvalue weighted by atomic mass is 35.5. The molecule has 33 heavy (non-hydrogen) atoms.